The molecule has 1 unspecified atom stereocenters. The highest BCUT2D eigenvalue weighted by atomic mass is 16.6. The lowest BCUT2D eigenvalue weighted by Gasteiger charge is -2.34. The smallest absolute Gasteiger partial charge is 0.239 e. The molecule has 2 aromatic rings. The highest BCUT2D eigenvalue weighted by Gasteiger charge is 2.27. The minimum atomic E-state index is -0.138. The number of hydrogen-bond acceptors (Lipinski definition) is 4. The Hall–Kier alpha value is -2.53. The third-order valence-corrected chi connectivity index (χ3v) is 5.47. The van der Waals surface area contributed by atoms with Crippen LogP contribution in [0.25, 0.3) is 0 Å². The van der Waals surface area contributed by atoms with Crippen molar-refractivity contribution in [3.05, 3.63) is 59.2 Å². The average molecular weight is 366 g/mol. The van der Waals surface area contributed by atoms with Gasteiger partial charge in [-0.25, -0.2) is 0 Å². The maximum absolute atomic E-state index is 13.0. The number of carbonyl (C=O) groups is 1. The molecule has 4 rings (SSSR count). The lowest BCUT2D eigenvalue weighted by atomic mass is 9.98. The number of rotatable bonds is 4. The van der Waals surface area contributed by atoms with Crippen molar-refractivity contribution in [1.29, 1.82) is 0 Å². The molecular weight excluding hydrogens is 340 g/mol. The topological polar surface area (TPSA) is 42.0 Å². The highest BCUT2D eigenvalue weighted by Crippen LogP contribution is 2.31. The Morgan fingerprint density at radius 2 is 1.85 bits per heavy atom. The molecule has 2 aromatic carbocycles. The molecule has 0 radical (unpaired) electrons. The third-order valence-electron chi connectivity index (χ3n) is 5.47. The fourth-order valence-electron chi connectivity index (χ4n) is 3.86. The first-order chi connectivity index (χ1) is 13.1. The van der Waals surface area contributed by atoms with Crippen LogP contribution < -0.4 is 9.47 Å². The Labute approximate surface area is 160 Å². The van der Waals surface area contributed by atoms with Crippen LogP contribution in [0.5, 0.6) is 11.5 Å². The number of likely N-dealkylation sites (N-methyl/N-ethyl adjacent to an activating group) is 1. The molecule has 0 aromatic heterocycles. The molecule has 5 heteroatoms. The van der Waals surface area contributed by atoms with Crippen LogP contribution in [0.3, 0.4) is 0 Å². The molecule has 1 atom stereocenters. The first kappa shape index (κ1) is 17.9. The average Bonchev–Trinajstić information content (AvgIpc) is 2.72. The fraction of sp³-hybridized carbons (Fsp3) is 0.409. The zero-order valence-corrected chi connectivity index (χ0v) is 16.0. The Morgan fingerprint density at radius 1 is 1.11 bits per heavy atom. The molecule has 0 fully saturated rings. The Kier molecular flexibility index (Phi) is 5.03. The summed E-state index contributed by atoms with van der Waals surface area (Å²) in [6.45, 7) is 5.48. The van der Waals surface area contributed by atoms with E-state index in [4.69, 9.17) is 9.47 Å². The van der Waals surface area contributed by atoms with Gasteiger partial charge >= 0.3 is 0 Å². The standard InChI is InChI=1S/C22H26N2O3/c1-16(24-10-9-18-5-3-4-6-19(18)15-24)22(25)23(2)14-17-7-8-20-21(13-17)27-12-11-26-20/h3-8,13,16H,9-12,14-15H2,1-2H3. The molecule has 2 aliphatic heterocycles. The van der Waals surface area contributed by atoms with Crippen molar-refractivity contribution in [3.63, 3.8) is 0 Å². The van der Waals surface area contributed by atoms with Gasteiger partial charge in [-0.3, -0.25) is 9.69 Å². The van der Waals surface area contributed by atoms with Crippen LogP contribution in [0.4, 0.5) is 0 Å². The molecule has 2 heterocycles. The van der Waals surface area contributed by atoms with E-state index in [9.17, 15) is 4.79 Å². The Balaban J connectivity index is 1.40. The molecule has 142 valence electrons. The molecule has 0 saturated heterocycles. The van der Waals surface area contributed by atoms with E-state index in [0.717, 1.165) is 36.6 Å². The number of benzene rings is 2. The van der Waals surface area contributed by atoms with E-state index in [2.05, 4.69) is 29.2 Å². The molecule has 0 spiro atoms. The second-order valence-corrected chi connectivity index (χ2v) is 7.34. The van der Waals surface area contributed by atoms with Crippen molar-refractivity contribution in [3.8, 4) is 11.5 Å². The van der Waals surface area contributed by atoms with Crippen molar-refractivity contribution in [2.45, 2.75) is 32.5 Å². The van der Waals surface area contributed by atoms with Crippen molar-refractivity contribution >= 4 is 5.91 Å². The SMILES string of the molecule is CC(C(=O)N(C)Cc1ccc2c(c1)OCCO2)N1CCc2ccccc2C1. The van der Waals surface area contributed by atoms with Crippen LogP contribution in [0.15, 0.2) is 42.5 Å². The van der Waals surface area contributed by atoms with Crippen molar-refractivity contribution in [2.75, 3.05) is 26.8 Å². The first-order valence-corrected chi connectivity index (χ1v) is 9.56. The van der Waals surface area contributed by atoms with Gasteiger partial charge in [0.05, 0.1) is 6.04 Å². The largest absolute Gasteiger partial charge is 0.486 e. The normalized spacial score (nSPS) is 17.1. The predicted molar refractivity (Wildman–Crippen MR) is 104 cm³/mol. The quantitative estimate of drug-likeness (QED) is 0.834. The van der Waals surface area contributed by atoms with E-state index in [-0.39, 0.29) is 11.9 Å². The van der Waals surface area contributed by atoms with E-state index in [1.807, 2.05) is 32.2 Å². The Morgan fingerprint density at radius 3 is 2.67 bits per heavy atom. The van der Waals surface area contributed by atoms with Crippen molar-refractivity contribution in [2.24, 2.45) is 0 Å². The molecule has 2 aliphatic rings. The van der Waals surface area contributed by atoms with Gasteiger partial charge in [0.2, 0.25) is 5.91 Å². The first-order valence-electron chi connectivity index (χ1n) is 9.56. The van der Waals surface area contributed by atoms with E-state index >= 15 is 0 Å². The van der Waals surface area contributed by atoms with Gasteiger partial charge in [-0.2, -0.15) is 0 Å². The summed E-state index contributed by atoms with van der Waals surface area (Å²) in [5, 5.41) is 0. The molecule has 0 saturated carbocycles. The zero-order valence-electron chi connectivity index (χ0n) is 16.0. The van der Waals surface area contributed by atoms with Gasteiger partial charge in [0.1, 0.15) is 13.2 Å². The van der Waals surface area contributed by atoms with Gasteiger partial charge in [0.25, 0.3) is 0 Å². The molecule has 0 aliphatic carbocycles. The van der Waals surface area contributed by atoms with Gasteiger partial charge in [0, 0.05) is 26.7 Å². The summed E-state index contributed by atoms with van der Waals surface area (Å²) in [4.78, 5) is 17.0. The summed E-state index contributed by atoms with van der Waals surface area (Å²) < 4.78 is 11.2. The van der Waals surface area contributed by atoms with Gasteiger partial charge in [-0.05, 0) is 42.2 Å². The van der Waals surface area contributed by atoms with Crippen LogP contribution in [0.2, 0.25) is 0 Å². The number of nitrogens with zero attached hydrogens (tertiary/aromatic N) is 2. The van der Waals surface area contributed by atoms with Crippen LogP contribution in [-0.2, 0) is 24.3 Å². The fourth-order valence-corrected chi connectivity index (χ4v) is 3.86. The number of hydrogen-bond donors (Lipinski definition) is 0. The third kappa shape index (κ3) is 3.78. The van der Waals surface area contributed by atoms with Crippen LogP contribution in [0.1, 0.15) is 23.6 Å². The summed E-state index contributed by atoms with van der Waals surface area (Å²) >= 11 is 0. The molecule has 1 amide bonds. The predicted octanol–water partition coefficient (Wildman–Crippen LogP) is 2.86. The number of fused-ring (bicyclic) bond motifs is 2. The van der Waals surface area contributed by atoms with Crippen molar-refractivity contribution < 1.29 is 14.3 Å². The molecule has 0 N–H and O–H groups in total. The van der Waals surface area contributed by atoms with Crippen LogP contribution >= 0.6 is 0 Å². The van der Waals surface area contributed by atoms with E-state index in [1.54, 1.807) is 4.90 Å². The van der Waals surface area contributed by atoms with Gasteiger partial charge in [-0.15, -0.1) is 0 Å². The summed E-state index contributed by atoms with van der Waals surface area (Å²) in [7, 11) is 1.87. The Bertz CT molecular complexity index is 836. The summed E-state index contributed by atoms with van der Waals surface area (Å²) in [6, 6.07) is 14.3. The number of amides is 1. The summed E-state index contributed by atoms with van der Waals surface area (Å²) in [6.07, 6.45) is 1.000. The lowest BCUT2D eigenvalue weighted by Crippen LogP contribution is -2.47. The van der Waals surface area contributed by atoms with E-state index in [1.165, 1.54) is 11.1 Å². The van der Waals surface area contributed by atoms with Gasteiger partial charge in [-0.1, -0.05) is 30.3 Å². The second-order valence-electron chi connectivity index (χ2n) is 7.34. The highest BCUT2D eigenvalue weighted by molar-refractivity contribution is 5.81. The summed E-state index contributed by atoms with van der Waals surface area (Å²) in [5.41, 5.74) is 3.78. The lowest BCUT2D eigenvalue weighted by molar-refractivity contribution is -0.136. The molecule has 5 nitrogen and oxygen atoms in total. The molecule has 0 bridgehead atoms. The van der Waals surface area contributed by atoms with Crippen LogP contribution in [-0.4, -0.2) is 48.6 Å². The maximum Gasteiger partial charge on any atom is 0.239 e. The minimum absolute atomic E-state index is 0.138. The second kappa shape index (κ2) is 7.61. The summed E-state index contributed by atoms with van der Waals surface area (Å²) in [5.74, 6) is 1.68. The maximum atomic E-state index is 13.0. The monoisotopic (exact) mass is 366 g/mol. The zero-order chi connectivity index (χ0) is 18.8. The van der Waals surface area contributed by atoms with E-state index in [0.29, 0.717) is 19.8 Å². The van der Waals surface area contributed by atoms with Crippen molar-refractivity contribution in [1.82, 2.24) is 9.80 Å². The van der Waals surface area contributed by atoms with Gasteiger partial charge in [0.15, 0.2) is 11.5 Å². The molecule has 27 heavy (non-hydrogen) atoms. The number of carbonyl (C=O) groups excluding carboxylic acids is 1. The molecular formula is C22H26N2O3. The van der Waals surface area contributed by atoms with Crippen LogP contribution in [0, 0.1) is 0 Å². The van der Waals surface area contributed by atoms with Gasteiger partial charge < -0.3 is 14.4 Å². The van der Waals surface area contributed by atoms with E-state index < -0.39 is 0 Å². The number of ether oxygens (including phenoxy) is 2. The minimum Gasteiger partial charge on any atom is -0.486 e.